The molecular formula is C15H19F3O. The molecule has 0 spiro atoms. The minimum absolute atomic E-state index is 0.0912. The summed E-state index contributed by atoms with van der Waals surface area (Å²) in [5.74, 6) is 0.468. The summed E-state index contributed by atoms with van der Waals surface area (Å²) >= 11 is 0. The van der Waals surface area contributed by atoms with Crippen molar-refractivity contribution in [3.05, 3.63) is 35.4 Å². The van der Waals surface area contributed by atoms with Crippen molar-refractivity contribution in [3.8, 4) is 0 Å². The van der Waals surface area contributed by atoms with Crippen molar-refractivity contribution in [1.82, 2.24) is 0 Å². The third-order valence-corrected chi connectivity index (χ3v) is 3.35. The summed E-state index contributed by atoms with van der Waals surface area (Å²) in [6, 6.07) is 4.82. The number of rotatable bonds is 6. The molecule has 1 aromatic carbocycles. The number of halogens is 3. The standard InChI is InChI=1S/C15H19F3O/c1-3-11(4-2)9-14(19)10-12-5-7-13(8-6-12)15(16,17)18/h5-8,11H,3-4,9-10H2,1-2H3. The molecule has 0 heterocycles. The second kappa shape index (κ2) is 6.73. The molecule has 0 fully saturated rings. The van der Waals surface area contributed by atoms with Crippen LogP contribution in [0.1, 0.15) is 44.2 Å². The zero-order chi connectivity index (χ0) is 14.5. The van der Waals surface area contributed by atoms with Crippen LogP contribution in [0, 0.1) is 5.92 Å². The van der Waals surface area contributed by atoms with Crippen molar-refractivity contribution in [2.75, 3.05) is 0 Å². The highest BCUT2D eigenvalue weighted by Crippen LogP contribution is 2.29. The van der Waals surface area contributed by atoms with Gasteiger partial charge in [-0.1, -0.05) is 38.8 Å². The summed E-state index contributed by atoms with van der Waals surface area (Å²) in [5.41, 5.74) is -0.0346. The molecule has 0 aliphatic carbocycles. The Labute approximate surface area is 111 Å². The predicted octanol–water partition coefficient (Wildman–Crippen LogP) is 4.64. The van der Waals surface area contributed by atoms with Crippen LogP contribution in [0.25, 0.3) is 0 Å². The van der Waals surface area contributed by atoms with Gasteiger partial charge in [0.1, 0.15) is 5.78 Å². The van der Waals surface area contributed by atoms with Crippen molar-refractivity contribution >= 4 is 5.78 Å². The van der Waals surface area contributed by atoms with Crippen LogP contribution in [0.4, 0.5) is 13.2 Å². The molecule has 0 amide bonds. The first-order chi connectivity index (χ1) is 8.86. The van der Waals surface area contributed by atoms with E-state index in [-0.39, 0.29) is 12.2 Å². The number of hydrogen-bond donors (Lipinski definition) is 0. The van der Waals surface area contributed by atoms with Gasteiger partial charge in [0.05, 0.1) is 5.56 Å². The van der Waals surface area contributed by atoms with Gasteiger partial charge in [-0.05, 0) is 23.6 Å². The molecule has 0 aromatic heterocycles. The second-order valence-corrected chi connectivity index (χ2v) is 4.80. The Morgan fingerprint density at radius 3 is 2.05 bits per heavy atom. The Morgan fingerprint density at radius 2 is 1.63 bits per heavy atom. The maximum absolute atomic E-state index is 12.4. The number of alkyl halides is 3. The highest BCUT2D eigenvalue weighted by Gasteiger charge is 2.29. The van der Waals surface area contributed by atoms with Gasteiger partial charge in [-0.3, -0.25) is 4.79 Å². The van der Waals surface area contributed by atoms with Crippen molar-refractivity contribution in [1.29, 1.82) is 0 Å². The molecule has 106 valence electrons. The highest BCUT2D eigenvalue weighted by atomic mass is 19.4. The summed E-state index contributed by atoms with van der Waals surface area (Å²) < 4.78 is 37.1. The number of ketones is 1. The van der Waals surface area contributed by atoms with E-state index in [4.69, 9.17) is 0 Å². The van der Waals surface area contributed by atoms with Crippen LogP contribution in [0.15, 0.2) is 24.3 Å². The van der Waals surface area contributed by atoms with E-state index in [0.717, 1.165) is 25.0 Å². The fourth-order valence-electron chi connectivity index (χ4n) is 2.01. The van der Waals surface area contributed by atoms with Gasteiger partial charge in [0, 0.05) is 12.8 Å². The molecule has 0 N–H and O–H groups in total. The lowest BCUT2D eigenvalue weighted by molar-refractivity contribution is -0.137. The largest absolute Gasteiger partial charge is 0.416 e. The Kier molecular flexibility index (Phi) is 5.58. The summed E-state index contributed by atoms with van der Waals surface area (Å²) in [5, 5.41) is 0. The van der Waals surface area contributed by atoms with Gasteiger partial charge in [0.2, 0.25) is 0 Å². The number of Topliss-reactive ketones (excluding diaryl/α,β-unsaturated/α-hetero) is 1. The number of benzene rings is 1. The van der Waals surface area contributed by atoms with E-state index >= 15 is 0 Å². The molecule has 0 bridgehead atoms. The quantitative estimate of drug-likeness (QED) is 0.737. The topological polar surface area (TPSA) is 17.1 Å². The molecule has 0 atom stereocenters. The molecule has 1 rings (SSSR count). The highest BCUT2D eigenvalue weighted by molar-refractivity contribution is 5.81. The maximum atomic E-state index is 12.4. The van der Waals surface area contributed by atoms with E-state index in [1.807, 2.05) is 13.8 Å². The van der Waals surface area contributed by atoms with Gasteiger partial charge < -0.3 is 0 Å². The molecule has 19 heavy (non-hydrogen) atoms. The normalized spacial score (nSPS) is 11.9. The molecule has 0 radical (unpaired) electrons. The Bertz CT molecular complexity index is 402. The van der Waals surface area contributed by atoms with Crippen molar-refractivity contribution in [3.63, 3.8) is 0 Å². The minimum Gasteiger partial charge on any atom is -0.299 e. The van der Waals surface area contributed by atoms with Gasteiger partial charge in [0.15, 0.2) is 0 Å². The lowest BCUT2D eigenvalue weighted by Crippen LogP contribution is -2.10. The predicted molar refractivity (Wildman–Crippen MR) is 68.8 cm³/mol. The van der Waals surface area contributed by atoms with E-state index < -0.39 is 11.7 Å². The van der Waals surface area contributed by atoms with Gasteiger partial charge in [-0.2, -0.15) is 13.2 Å². The smallest absolute Gasteiger partial charge is 0.299 e. The third-order valence-electron chi connectivity index (χ3n) is 3.35. The van der Waals surface area contributed by atoms with E-state index in [1.54, 1.807) is 0 Å². The van der Waals surface area contributed by atoms with E-state index in [0.29, 0.717) is 17.9 Å². The van der Waals surface area contributed by atoms with Crippen molar-refractivity contribution in [2.24, 2.45) is 5.92 Å². The first kappa shape index (κ1) is 15.7. The van der Waals surface area contributed by atoms with Gasteiger partial charge >= 0.3 is 6.18 Å². The molecular weight excluding hydrogens is 253 g/mol. The van der Waals surface area contributed by atoms with Crippen LogP contribution >= 0.6 is 0 Å². The van der Waals surface area contributed by atoms with E-state index in [2.05, 4.69) is 0 Å². The molecule has 0 unspecified atom stereocenters. The average molecular weight is 272 g/mol. The van der Waals surface area contributed by atoms with E-state index in [1.165, 1.54) is 12.1 Å². The Balaban J connectivity index is 2.61. The average Bonchev–Trinajstić information content (AvgIpc) is 2.35. The first-order valence-electron chi connectivity index (χ1n) is 6.54. The number of carbonyl (C=O) groups excluding carboxylic acids is 1. The fourth-order valence-corrected chi connectivity index (χ4v) is 2.01. The molecule has 1 aromatic rings. The Hall–Kier alpha value is -1.32. The second-order valence-electron chi connectivity index (χ2n) is 4.80. The van der Waals surface area contributed by atoms with Crippen LogP contribution < -0.4 is 0 Å². The number of carbonyl (C=O) groups is 1. The zero-order valence-corrected chi connectivity index (χ0v) is 11.3. The van der Waals surface area contributed by atoms with Crippen LogP contribution in [-0.4, -0.2) is 5.78 Å². The molecule has 0 saturated carbocycles. The van der Waals surface area contributed by atoms with Gasteiger partial charge in [-0.25, -0.2) is 0 Å². The van der Waals surface area contributed by atoms with Crippen LogP contribution in [0.3, 0.4) is 0 Å². The summed E-state index contributed by atoms with van der Waals surface area (Å²) in [6.45, 7) is 4.08. The van der Waals surface area contributed by atoms with Crippen molar-refractivity contribution < 1.29 is 18.0 Å². The van der Waals surface area contributed by atoms with Gasteiger partial charge in [-0.15, -0.1) is 0 Å². The van der Waals surface area contributed by atoms with Crippen LogP contribution in [0.5, 0.6) is 0 Å². The minimum atomic E-state index is -4.32. The van der Waals surface area contributed by atoms with Gasteiger partial charge in [0.25, 0.3) is 0 Å². The summed E-state index contributed by atoms with van der Waals surface area (Å²) in [4.78, 5) is 11.8. The molecule has 0 saturated heterocycles. The SMILES string of the molecule is CCC(CC)CC(=O)Cc1ccc(C(F)(F)F)cc1. The maximum Gasteiger partial charge on any atom is 0.416 e. The lowest BCUT2D eigenvalue weighted by atomic mass is 9.94. The third kappa shape index (κ3) is 5.05. The summed E-state index contributed by atoms with van der Waals surface area (Å²) in [6.07, 6.45) is -1.69. The fraction of sp³-hybridized carbons (Fsp3) is 0.533. The van der Waals surface area contributed by atoms with E-state index in [9.17, 15) is 18.0 Å². The first-order valence-corrected chi connectivity index (χ1v) is 6.54. The summed E-state index contributed by atoms with van der Waals surface area (Å²) in [7, 11) is 0. The zero-order valence-electron chi connectivity index (χ0n) is 11.3. The molecule has 0 aliphatic heterocycles. The monoisotopic (exact) mass is 272 g/mol. The van der Waals surface area contributed by atoms with Crippen LogP contribution in [0.2, 0.25) is 0 Å². The van der Waals surface area contributed by atoms with Crippen LogP contribution in [-0.2, 0) is 17.4 Å². The van der Waals surface area contributed by atoms with Crippen molar-refractivity contribution in [2.45, 2.75) is 45.7 Å². The lowest BCUT2D eigenvalue weighted by Gasteiger charge is -2.11. The molecule has 1 nitrogen and oxygen atoms in total. The Morgan fingerprint density at radius 1 is 1.11 bits per heavy atom. The molecule has 4 heteroatoms. The molecule has 0 aliphatic rings. The number of hydrogen-bond acceptors (Lipinski definition) is 1.